The Kier molecular flexibility index (Phi) is 3.84. The summed E-state index contributed by atoms with van der Waals surface area (Å²) in [7, 11) is 0. The Bertz CT molecular complexity index is 431. The zero-order chi connectivity index (χ0) is 12.4. The predicted molar refractivity (Wildman–Crippen MR) is 73.0 cm³/mol. The molecule has 92 valence electrons. The summed E-state index contributed by atoms with van der Waals surface area (Å²) in [6.45, 7) is 5.23. The van der Waals surface area contributed by atoms with Crippen LogP contribution in [0.2, 0.25) is 0 Å². The number of hydrogen-bond donors (Lipinski definition) is 2. The fourth-order valence-corrected chi connectivity index (χ4v) is 2.33. The second-order valence-corrected chi connectivity index (χ2v) is 5.71. The quantitative estimate of drug-likeness (QED) is 0.896. The molecule has 17 heavy (non-hydrogen) atoms. The van der Waals surface area contributed by atoms with E-state index in [1.807, 2.05) is 18.2 Å². The van der Waals surface area contributed by atoms with Crippen LogP contribution in [0.5, 0.6) is 0 Å². The van der Waals surface area contributed by atoms with Crippen molar-refractivity contribution in [1.82, 2.24) is 5.32 Å². The summed E-state index contributed by atoms with van der Waals surface area (Å²) in [5.41, 5.74) is 1.95. The van der Waals surface area contributed by atoms with Crippen LogP contribution < -0.4 is 10.6 Å². The van der Waals surface area contributed by atoms with E-state index in [4.69, 9.17) is 0 Å². The standard InChI is InChI=1S/C13H17BrN2O/c1-8(2)5-6-15-12-10-7-9(14)3-4-11(10)16-13(12)17/h3-4,7-8,12,15H,5-6H2,1-2H3,(H,16,17). The Balaban J connectivity index is 2.08. The average Bonchev–Trinajstić information content (AvgIpc) is 2.55. The molecular weight excluding hydrogens is 280 g/mol. The molecule has 1 aromatic carbocycles. The molecule has 4 heteroatoms. The third-order valence-electron chi connectivity index (χ3n) is 2.91. The molecule has 1 aliphatic heterocycles. The van der Waals surface area contributed by atoms with E-state index in [0.717, 1.165) is 28.7 Å². The number of benzene rings is 1. The molecule has 1 aliphatic rings. The molecule has 0 saturated carbocycles. The smallest absolute Gasteiger partial charge is 0.246 e. The third-order valence-corrected chi connectivity index (χ3v) is 3.41. The largest absolute Gasteiger partial charge is 0.324 e. The predicted octanol–water partition coefficient (Wildman–Crippen LogP) is 3.08. The number of amides is 1. The molecule has 3 nitrogen and oxygen atoms in total. The highest BCUT2D eigenvalue weighted by Gasteiger charge is 2.29. The van der Waals surface area contributed by atoms with Gasteiger partial charge in [-0.2, -0.15) is 0 Å². The lowest BCUT2D eigenvalue weighted by Gasteiger charge is -2.12. The van der Waals surface area contributed by atoms with Crippen LogP contribution in [0.15, 0.2) is 22.7 Å². The number of fused-ring (bicyclic) bond motifs is 1. The molecule has 1 aromatic rings. The van der Waals surface area contributed by atoms with Gasteiger partial charge in [0.1, 0.15) is 6.04 Å². The summed E-state index contributed by atoms with van der Waals surface area (Å²) in [6.07, 6.45) is 1.08. The van der Waals surface area contributed by atoms with Crippen molar-refractivity contribution in [3.05, 3.63) is 28.2 Å². The number of nitrogens with one attached hydrogen (secondary N) is 2. The Morgan fingerprint density at radius 3 is 2.94 bits per heavy atom. The second-order valence-electron chi connectivity index (χ2n) is 4.79. The van der Waals surface area contributed by atoms with Crippen molar-refractivity contribution in [2.24, 2.45) is 5.92 Å². The normalized spacial score (nSPS) is 18.4. The zero-order valence-corrected chi connectivity index (χ0v) is 11.7. The number of hydrogen-bond acceptors (Lipinski definition) is 2. The van der Waals surface area contributed by atoms with Crippen LogP contribution in [0.3, 0.4) is 0 Å². The minimum absolute atomic E-state index is 0.0434. The van der Waals surface area contributed by atoms with Crippen molar-refractivity contribution in [2.75, 3.05) is 11.9 Å². The molecule has 1 unspecified atom stereocenters. The van der Waals surface area contributed by atoms with Crippen LogP contribution in [0, 0.1) is 5.92 Å². The first-order valence-electron chi connectivity index (χ1n) is 5.91. The van der Waals surface area contributed by atoms with Gasteiger partial charge >= 0.3 is 0 Å². The molecule has 1 amide bonds. The topological polar surface area (TPSA) is 41.1 Å². The Morgan fingerprint density at radius 2 is 2.24 bits per heavy atom. The van der Waals surface area contributed by atoms with Crippen molar-refractivity contribution >= 4 is 27.5 Å². The van der Waals surface area contributed by atoms with Crippen LogP contribution >= 0.6 is 15.9 Å². The summed E-state index contributed by atoms with van der Waals surface area (Å²) in [5, 5.41) is 6.20. The van der Waals surface area contributed by atoms with Crippen LogP contribution in [-0.4, -0.2) is 12.5 Å². The van der Waals surface area contributed by atoms with Crippen LogP contribution in [0.1, 0.15) is 31.9 Å². The molecule has 1 heterocycles. The number of carbonyl (C=O) groups is 1. The fraction of sp³-hybridized carbons (Fsp3) is 0.462. The van der Waals surface area contributed by atoms with E-state index in [-0.39, 0.29) is 11.9 Å². The van der Waals surface area contributed by atoms with Crippen molar-refractivity contribution in [3.63, 3.8) is 0 Å². The van der Waals surface area contributed by atoms with Crippen LogP contribution in [0.4, 0.5) is 5.69 Å². The van der Waals surface area contributed by atoms with Crippen molar-refractivity contribution in [3.8, 4) is 0 Å². The fourth-order valence-electron chi connectivity index (χ4n) is 1.95. The molecule has 0 bridgehead atoms. The summed E-state index contributed by atoms with van der Waals surface area (Å²) < 4.78 is 1.00. The monoisotopic (exact) mass is 296 g/mol. The summed E-state index contributed by atoms with van der Waals surface area (Å²) in [4.78, 5) is 11.8. The molecule has 1 atom stereocenters. The Morgan fingerprint density at radius 1 is 1.47 bits per heavy atom. The maximum atomic E-state index is 11.8. The van der Waals surface area contributed by atoms with E-state index >= 15 is 0 Å². The van der Waals surface area contributed by atoms with Crippen molar-refractivity contribution in [2.45, 2.75) is 26.3 Å². The van der Waals surface area contributed by atoms with Gasteiger partial charge in [0.15, 0.2) is 0 Å². The highest BCUT2D eigenvalue weighted by Crippen LogP contribution is 2.32. The molecule has 0 spiro atoms. The number of carbonyl (C=O) groups excluding carboxylic acids is 1. The van der Waals surface area contributed by atoms with Crippen molar-refractivity contribution in [1.29, 1.82) is 0 Å². The van der Waals surface area contributed by atoms with E-state index in [9.17, 15) is 4.79 Å². The van der Waals surface area contributed by atoms with E-state index < -0.39 is 0 Å². The van der Waals surface area contributed by atoms with Crippen LogP contribution in [0.25, 0.3) is 0 Å². The first-order chi connectivity index (χ1) is 8.08. The minimum atomic E-state index is -0.207. The molecule has 0 aliphatic carbocycles. The van der Waals surface area contributed by atoms with Gasteiger partial charge in [-0.05, 0) is 37.1 Å². The first kappa shape index (κ1) is 12.6. The minimum Gasteiger partial charge on any atom is -0.324 e. The van der Waals surface area contributed by atoms with E-state index in [1.54, 1.807) is 0 Å². The average molecular weight is 297 g/mol. The first-order valence-corrected chi connectivity index (χ1v) is 6.71. The molecule has 0 fully saturated rings. The third kappa shape index (κ3) is 2.87. The molecule has 2 N–H and O–H groups in total. The molecular formula is C13H17BrN2O. The van der Waals surface area contributed by atoms with E-state index in [1.165, 1.54) is 0 Å². The highest BCUT2D eigenvalue weighted by atomic mass is 79.9. The van der Waals surface area contributed by atoms with Crippen LogP contribution in [-0.2, 0) is 4.79 Å². The van der Waals surface area contributed by atoms with E-state index in [2.05, 4.69) is 40.4 Å². The lowest BCUT2D eigenvalue weighted by Crippen LogP contribution is -2.28. The van der Waals surface area contributed by atoms with Gasteiger partial charge in [0.2, 0.25) is 5.91 Å². The van der Waals surface area contributed by atoms with Gasteiger partial charge in [-0.1, -0.05) is 29.8 Å². The second kappa shape index (κ2) is 5.19. The van der Waals surface area contributed by atoms with Gasteiger partial charge in [-0.3, -0.25) is 4.79 Å². The van der Waals surface area contributed by atoms with E-state index in [0.29, 0.717) is 5.92 Å². The van der Waals surface area contributed by atoms with Gasteiger partial charge < -0.3 is 10.6 Å². The summed E-state index contributed by atoms with van der Waals surface area (Å²) >= 11 is 3.44. The molecule has 0 radical (unpaired) electrons. The van der Waals surface area contributed by atoms with Gasteiger partial charge in [0.25, 0.3) is 0 Å². The highest BCUT2D eigenvalue weighted by molar-refractivity contribution is 9.10. The maximum Gasteiger partial charge on any atom is 0.246 e. The summed E-state index contributed by atoms with van der Waals surface area (Å²) in [5.74, 6) is 0.691. The number of rotatable bonds is 4. The van der Waals surface area contributed by atoms with Gasteiger partial charge in [0.05, 0.1) is 0 Å². The van der Waals surface area contributed by atoms with Gasteiger partial charge in [0, 0.05) is 15.7 Å². The number of anilines is 1. The number of halogens is 1. The molecule has 0 saturated heterocycles. The van der Waals surface area contributed by atoms with Crippen molar-refractivity contribution < 1.29 is 4.79 Å². The Hall–Kier alpha value is -0.870. The van der Waals surface area contributed by atoms with Gasteiger partial charge in [-0.15, -0.1) is 0 Å². The lowest BCUT2D eigenvalue weighted by molar-refractivity contribution is -0.117. The SMILES string of the molecule is CC(C)CCNC1C(=O)Nc2ccc(Br)cc21. The molecule has 0 aromatic heterocycles. The summed E-state index contributed by atoms with van der Waals surface area (Å²) in [6, 6.07) is 5.67. The lowest BCUT2D eigenvalue weighted by atomic mass is 10.1. The molecule has 2 rings (SSSR count). The Labute approximate surface area is 110 Å². The zero-order valence-electron chi connectivity index (χ0n) is 10.1. The van der Waals surface area contributed by atoms with Gasteiger partial charge in [-0.25, -0.2) is 0 Å². The maximum absolute atomic E-state index is 11.8.